The minimum atomic E-state index is -0.996. The maximum atomic E-state index is 14.4. The fourth-order valence-corrected chi connectivity index (χ4v) is 3.42. The molecule has 1 aliphatic rings. The lowest BCUT2D eigenvalue weighted by Crippen LogP contribution is -2.25. The van der Waals surface area contributed by atoms with E-state index >= 15 is 0 Å². The molecule has 0 unspecified atom stereocenters. The van der Waals surface area contributed by atoms with Gasteiger partial charge in [0.2, 0.25) is 0 Å². The summed E-state index contributed by atoms with van der Waals surface area (Å²) in [6.45, 7) is 6.00. The molecular weight excluding hydrogens is 333 g/mol. The van der Waals surface area contributed by atoms with Gasteiger partial charge in [-0.15, -0.1) is 0 Å². The first-order chi connectivity index (χ1) is 12.5. The number of H-pyrrole nitrogens is 1. The van der Waals surface area contributed by atoms with Crippen molar-refractivity contribution in [2.75, 3.05) is 13.1 Å². The molecule has 138 valence electrons. The molecule has 1 aliphatic heterocycles. The topological polar surface area (TPSA) is 59.0 Å². The minimum absolute atomic E-state index is 0.286. The lowest BCUT2D eigenvalue weighted by molar-refractivity contribution is 0.00857. The number of aryl methyl sites for hydroxylation is 3. The highest BCUT2D eigenvalue weighted by molar-refractivity contribution is 5.77. The van der Waals surface area contributed by atoms with Crippen LogP contribution in [0.3, 0.4) is 0 Å². The molecule has 0 aliphatic carbocycles. The number of halogens is 1. The predicted molar refractivity (Wildman–Crippen MR) is 97.5 cm³/mol. The monoisotopic (exact) mass is 357 g/mol. The van der Waals surface area contributed by atoms with Crippen molar-refractivity contribution in [3.05, 3.63) is 47.3 Å². The van der Waals surface area contributed by atoms with Gasteiger partial charge in [0.1, 0.15) is 30.5 Å². The second-order valence-electron chi connectivity index (χ2n) is 7.15. The molecule has 1 saturated heterocycles. The number of ether oxygens (including phenoxy) is 1. The molecule has 2 atom stereocenters. The standard InChI is InChI=1S/C19H24FN5O/c1-12-6-15-16(7-13(12)2)23-18(22-15)11-26-17-9-25(8-14(17)20)10-19-21-4-5-24(19)3/h4-7,14,17H,8-11H2,1-3H3,(H,22,23)/t14-,17+/m1/s1. The third kappa shape index (κ3) is 3.37. The SMILES string of the molecule is Cc1cc2nc(CO[C@H]3CN(Cc4nccn4C)C[C@H]3F)[nH]c2cc1C. The second kappa shape index (κ2) is 6.81. The highest BCUT2D eigenvalue weighted by Gasteiger charge is 2.34. The Bertz CT molecular complexity index is 879. The van der Waals surface area contributed by atoms with Crippen molar-refractivity contribution in [3.63, 3.8) is 0 Å². The summed E-state index contributed by atoms with van der Waals surface area (Å²) in [4.78, 5) is 14.2. The van der Waals surface area contributed by atoms with E-state index < -0.39 is 12.3 Å². The molecule has 0 saturated carbocycles. The van der Waals surface area contributed by atoms with Crippen molar-refractivity contribution in [1.29, 1.82) is 0 Å². The molecule has 7 heteroatoms. The number of imidazole rings is 2. The highest BCUT2D eigenvalue weighted by atomic mass is 19.1. The number of hydrogen-bond acceptors (Lipinski definition) is 4. The molecule has 4 rings (SSSR count). The smallest absolute Gasteiger partial charge is 0.140 e. The quantitative estimate of drug-likeness (QED) is 0.763. The van der Waals surface area contributed by atoms with Gasteiger partial charge < -0.3 is 14.3 Å². The predicted octanol–water partition coefficient (Wildman–Crippen LogP) is 2.65. The van der Waals surface area contributed by atoms with Crippen LogP contribution >= 0.6 is 0 Å². The van der Waals surface area contributed by atoms with Crippen molar-refractivity contribution >= 4 is 11.0 Å². The van der Waals surface area contributed by atoms with Crippen LogP contribution in [0.4, 0.5) is 4.39 Å². The van der Waals surface area contributed by atoms with Crippen LogP contribution in [0.25, 0.3) is 11.0 Å². The molecule has 0 bridgehead atoms. The van der Waals surface area contributed by atoms with Gasteiger partial charge in [0.05, 0.1) is 17.6 Å². The van der Waals surface area contributed by atoms with Crippen molar-refractivity contribution in [2.24, 2.45) is 7.05 Å². The summed E-state index contributed by atoms with van der Waals surface area (Å²) in [6.07, 6.45) is 2.23. The Labute approximate surface area is 152 Å². The Morgan fingerprint density at radius 3 is 2.85 bits per heavy atom. The number of aromatic nitrogens is 4. The van der Waals surface area contributed by atoms with Crippen molar-refractivity contribution in [3.8, 4) is 0 Å². The maximum Gasteiger partial charge on any atom is 0.140 e. The first kappa shape index (κ1) is 17.2. The fourth-order valence-electron chi connectivity index (χ4n) is 3.42. The Hall–Kier alpha value is -2.25. The van der Waals surface area contributed by atoms with Gasteiger partial charge >= 0.3 is 0 Å². The molecule has 6 nitrogen and oxygen atoms in total. The van der Waals surface area contributed by atoms with E-state index in [-0.39, 0.29) is 6.61 Å². The first-order valence-corrected chi connectivity index (χ1v) is 8.89. The van der Waals surface area contributed by atoms with E-state index in [9.17, 15) is 4.39 Å². The van der Waals surface area contributed by atoms with Crippen LogP contribution in [-0.2, 0) is 24.9 Å². The Kier molecular flexibility index (Phi) is 4.50. The summed E-state index contributed by atoms with van der Waals surface area (Å²) in [7, 11) is 1.95. The largest absolute Gasteiger partial charge is 0.366 e. The lowest BCUT2D eigenvalue weighted by Gasteiger charge is -2.15. The summed E-state index contributed by atoms with van der Waals surface area (Å²) in [6, 6.07) is 4.15. The molecule has 3 heterocycles. The summed E-state index contributed by atoms with van der Waals surface area (Å²) in [5.41, 5.74) is 4.34. The van der Waals surface area contributed by atoms with Crippen molar-refractivity contribution in [1.82, 2.24) is 24.4 Å². The third-order valence-corrected chi connectivity index (χ3v) is 5.14. The molecule has 1 aromatic carbocycles. The van der Waals surface area contributed by atoms with E-state index in [4.69, 9.17) is 4.74 Å². The summed E-state index contributed by atoms with van der Waals surface area (Å²) < 4.78 is 22.1. The van der Waals surface area contributed by atoms with Crippen molar-refractivity contribution in [2.45, 2.75) is 39.3 Å². The molecule has 2 aromatic heterocycles. The van der Waals surface area contributed by atoms with Crippen LogP contribution in [0.15, 0.2) is 24.5 Å². The fraction of sp³-hybridized carbons (Fsp3) is 0.474. The van der Waals surface area contributed by atoms with Crippen LogP contribution in [-0.4, -0.2) is 49.8 Å². The number of likely N-dealkylation sites (tertiary alicyclic amines) is 1. The highest BCUT2D eigenvalue weighted by Crippen LogP contribution is 2.21. The second-order valence-corrected chi connectivity index (χ2v) is 7.15. The van der Waals surface area contributed by atoms with E-state index in [1.165, 1.54) is 11.1 Å². The third-order valence-electron chi connectivity index (χ3n) is 5.14. The zero-order valence-electron chi connectivity index (χ0n) is 15.4. The van der Waals surface area contributed by atoms with Gasteiger partial charge in [-0.25, -0.2) is 14.4 Å². The van der Waals surface area contributed by atoms with Crippen LogP contribution in [0, 0.1) is 13.8 Å². The number of nitrogens with zero attached hydrogens (tertiary/aromatic N) is 4. The molecular formula is C19H24FN5O. The summed E-state index contributed by atoms with van der Waals surface area (Å²) in [5.74, 6) is 1.67. The van der Waals surface area contributed by atoms with Crippen LogP contribution in [0.2, 0.25) is 0 Å². The first-order valence-electron chi connectivity index (χ1n) is 8.89. The summed E-state index contributed by atoms with van der Waals surface area (Å²) in [5, 5.41) is 0. The van der Waals surface area contributed by atoms with Crippen LogP contribution in [0.1, 0.15) is 22.8 Å². The number of aromatic amines is 1. The van der Waals surface area contributed by atoms with E-state index in [0.717, 1.165) is 22.7 Å². The molecule has 0 radical (unpaired) electrons. The molecule has 0 amide bonds. The minimum Gasteiger partial charge on any atom is -0.366 e. The Morgan fingerprint density at radius 1 is 1.27 bits per heavy atom. The zero-order chi connectivity index (χ0) is 18.3. The Morgan fingerprint density at radius 2 is 2.08 bits per heavy atom. The molecule has 3 aromatic rings. The van der Waals surface area contributed by atoms with Gasteiger partial charge in [-0.1, -0.05) is 0 Å². The number of benzene rings is 1. The molecule has 0 spiro atoms. The van der Waals surface area contributed by atoms with E-state index in [2.05, 4.69) is 40.9 Å². The number of fused-ring (bicyclic) bond motifs is 1. The normalized spacial score (nSPS) is 21.1. The van der Waals surface area contributed by atoms with E-state index in [0.29, 0.717) is 19.6 Å². The van der Waals surface area contributed by atoms with Crippen molar-refractivity contribution < 1.29 is 9.13 Å². The lowest BCUT2D eigenvalue weighted by atomic mass is 10.1. The number of rotatable bonds is 5. The van der Waals surface area contributed by atoms with Gasteiger partial charge in [-0.05, 0) is 37.1 Å². The molecule has 1 N–H and O–H groups in total. The molecule has 1 fully saturated rings. The van der Waals surface area contributed by atoms with Gasteiger partial charge in [0.25, 0.3) is 0 Å². The molecule has 26 heavy (non-hydrogen) atoms. The number of nitrogens with one attached hydrogen (secondary N) is 1. The van der Waals surface area contributed by atoms with Crippen LogP contribution < -0.4 is 0 Å². The van der Waals surface area contributed by atoms with Gasteiger partial charge in [0, 0.05) is 32.5 Å². The number of alkyl halides is 1. The van der Waals surface area contributed by atoms with E-state index in [1.807, 2.05) is 22.7 Å². The Balaban J connectivity index is 1.38. The zero-order valence-corrected chi connectivity index (χ0v) is 15.4. The van der Waals surface area contributed by atoms with E-state index in [1.54, 1.807) is 6.20 Å². The van der Waals surface area contributed by atoms with Gasteiger partial charge in [0.15, 0.2) is 0 Å². The average Bonchev–Trinajstić information content (AvgIpc) is 3.26. The maximum absolute atomic E-state index is 14.4. The van der Waals surface area contributed by atoms with Crippen LogP contribution in [0.5, 0.6) is 0 Å². The van der Waals surface area contributed by atoms with Gasteiger partial charge in [-0.3, -0.25) is 4.90 Å². The van der Waals surface area contributed by atoms with Gasteiger partial charge in [-0.2, -0.15) is 0 Å². The summed E-state index contributed by atoms with van der Waals surface area (Å²) >= 11 is 0. The number of hydrogen-bond donors (Lipinski definition) is 1. The average molecular weight is 357 g/mol.